The highest BCUT2D eigenvalue weighted by Gasteiger charge is 2.17. The van der Waals surface area contributed by atoms with Crippen LogP contribution in [0.25, 0.3) is 22.3 Å². The van der Waals surface area contributed by atoms with E-state index in [1.165, 1.54) is 10.4 Å². The molecule has 0 spiro atoms. The molecule has 0 radical (unpaired) electrons. The number of hydrogen-bond acceptors (Lipinski definition) is 3. The monoisotopic (exact) mass is 414 g/mol. The highest BCUT2D eigenvalue weighted by atomic mass is 79.9. The minimum atomic E-state index is 0.643. The number of amides is 1. The molecule has 0 bridgehead atoms. The van der Waals surface area contributed by atoms with Crippen LogP contribution in [-0.2, 0) is 11.2 Å². The topological polar surface area (TPSA) is 55.1 Å². The van der Waals surface area contributed by atoms with Gasteiger partial charge in [-0.1, -0.05) is 30.3 Å². The predicted molar refractivity (Wildman–Crippen MR) is 110 cm³/mol. The lowest BCUT2D eigenvalue weighted by Crippen LogP contribution is -2.02. The van der Waals surface area contributed by atoms with Gasteiger partial charge in [-0.25, -0.2) is 0 Å². The maximum atomic E-state index is 11.2. The Morgan fingerprint density at radius 2 is 1.88 bits per heavy atom. The van der Waals surface area contributed by atoms with Gasteiger partial charge < -0.3 is 11.1 Å². The number of halogens is 1. The van der Waals surface area contributed by atoms with Crippen molar-refractivity contribution in [2.24, 2.45) is 5.73 Å². The molecule has 128 valence electrons. The molecule has 0 atom stereocenters. The zero-order valence-corrected chi connectivity index (χ0v) is 16.3. The second kappa shape index (κ2) is 7.95. The first-order chi connectivity index (χ1) is 12.2. The molecule has 3 nitrogen and oxygen atoms in total. The third-order valence-corrected chi connectivity index (χ3v) is 5.69. The molecule has 0 fully saturated rings. The molecule has 3 aromatic rings. The highest BCUT2D eigenvalue weighted by Crippen LogP contribution is 2.44. The number of carbonyl (C=O) groups excluding carboxylic acids is 1. The average molecular weight is 415 g/mol. The summed E-state index contributed by atoms with van der Waals surface area (Å²) in [7, 11) is 0. The molecule has 0 saturated heterocycles. The molecule has 3 rings (SSSR count). The van der Waals surface area contributed by atoms with E-state index < -0.39 is 0 Å². The van der Waals surface area contributed by atoms with Crippen LogP contribution in [0.15, 0.2) is 52.3 Å². The number of aryl methyl sites for hydroxylation is 1. The van der Waals surface area contributed by atoms with E-state index in [-0.39, 0.29) is 0 Å². The first-order valence-corrected chi connectivity index (χ1v) is 9.69. The van der Waals surface area contributed by atoms with Crippen molar-refractivity contribution >= 4 is 39.4 Å². The minimum absolute atomic E-state index is 0.643. The summed E-state index contributed by atoms with van der Waals surface area (Å²) in [6.45, 7) is 2.74. The Morgan fingerprint density at radius 3 is 2.48 bits per heavy atom. The fourth-order valence-electron chi connectivity index (χ4n) is 2.96. The lowest BCUT2D eigenvalue weighted by Gasteiger charge is -2.17. The van der Waals surface area contributed by atoms with Crippen LogP contribution in [0, 0.1) is 6.92 Å². The van der Waals surface area contributed by atoms with Gasteiger partial charge in [-0.15, -0.1) is 11.3 Å². The third kappa shape index (κ3) is 3.68. The van der Waals surface area contributed by atoms with Crippen molar-refractivity contribution in [1.29, 1.82) is 0 Å². The molecular weight excluding hydrogens is 396 g/mol. The Kier molecular flexibility index (Phi) is 5.68. The van der Waals surface area contributed by atoms with E-state index in [0.717, 1.165) is 45.2 Å². The molecular formula is C20H19BrN2OS. The molecule has 1 heterocycles. The molecule has 1 amide bonds. The summed E-state index contributed by atoms with van der Waals surface area (Å²) in [5.74, 6) is 0. The standard InChI is InChI=1S/C20H19BrN2OS/c1-13-16(9-11-25-13)19-17(6-7-18(21)20(19)23-12-24)15-4-2-14(3-5-15)8-10-22/h2-7,9,11-12H,8,10,22H2,1H3,(H,23,24). The van der Waals surface area contributed by atoms with Crippen LogP contribution in [0.1, 0.15) is 10.4 Å². The molecule has 0 unspecified atom stereocenters. The minimum Gasteiger partial charge on any atom is -0.330 e. The van der Waals surface area contributed by atoms with Crippen LogP contribution in [0.2, 0.25) is 0 Å². The molecule has 5 heteroatoms. The summed E-state index contributed by atoms with van der Waals surface area (Å²) in [5.41, 5.74) is 12.0. The van der Waals surface area contributed by atoms with E-state index in [0.29, 0.717) is 6.54 Å². The SMILES string of the molecule is Cc1sccc1-c1c(-c2ccc(CCN)cc2)ccc(Br)c1NC=O. The molecule has 0 aliphatic rings. The van der Waals surface area contributed by atoms with E-state index in [4.69, 9.17) is 5.73 Å². The van der Waals surface area contributed by atoms with Crippen LogP contribution in [0.3, 0.4) is 0 Å². The van der Waals surface area contributed by atoms with E-state index in [1.54, 1.807) is 11.3 Å². The summed E-state index contributed by atoms with van der Waals surface area (Å²) in [5, 5.41) is 4.94. The van der Waals surface area contributed by atoms with Gasteiger partial charge in [0.05, 0.1) is 5.69 Å². The first-order valence-electron chi connectivity index (χ1n) is 8.02. The van der Waals surface area contributed by atoms with Crippen molar-refractivity contribution in [2.75, 3.05) is 11.9 Å². The van der Waals surface area contributed by atoms with Gasteiger partial charge >= 0.3 is 0 Å². The van der Waals surface area contributed by atoms with Gasteiger partial charge in [0.25, 0.3) is 0 Å². The van der Waals surface area contributed by atoms with Gasteiger partial charge in [-0.3, -0.25) is 4.79 Å². The first kappa shape index (κ1) is 17.9. The number of nitrogens with two attached hydrogens (primary N) is 1. The van der Waals surface area contributed by atoms with E-state index in [2.05, 4.69) is 69.9 Å². The van der Waals surface area contributed by atoms with Crippen LogP contribution in [0.5, 0.6) is 0 Å². The van der Waals surface area contributed by atoms with Gasteiger partial charge in [-0.05, 0) is 75.6 Å². The number of nitrogens with one attached hydrogen (secondary N) is 1. The van der Waals surface area contributed by atoms with Crippen LogP contribution < -0.4 is 11.1 Å². The molecule has 0 aliphatic heterocycles. The zero-order valence-electron chi connectivity index (χ0n) is 13.9. The van der Waals surface area contributed by atoms with E-state index >= 15 is 0 Å². The Hall–Kier alpha value is -1.95. The number of anilines is 1. The smallest absolute Gasteiger partial charge is 0.211 e. The van der Waals surface area contributed by atoms with Crippen molar-refractivity contribution in [3.8, 4) is 22.3 Å². The number of hydrogen-bond donors (Lipinski definition) is 2. The predicted octanol–water partition coefficient (Wildman–Crippen LogP) is 5.22. The van der Waals surface area contributed by atoms with E-state index in [1.807, 2.05) is 6.07 Å². The Labute approximate surface area is 160 Å². The second-order valence-corrected chi connectivity index (χ2v) is 7.71. The van der Waals surface area contributed by atoms with Crippen molar-refractivity contribution in [3.05, 3.63) is 62.8 Å². The van der Waals surface area contributed by atoms with Gasteiger partial charge in [-0.2, -0.15) is 0 Å². The molecule has 2 aromatic carbocycles. The third-order valence-electron chi connectivity index (χ3n) is 4.18. The normalized spacial score (nSPS) is 10.7. The van der Waals surface area contributed by atoms with Gasteiger partial charge in [0.2, 0.25) is 6.41 Å². The maximum absolute atomic E-state index is 11.2. The van der Waals surface area contributed by atoms with Crippen LogP contribution in [-0.4, -0.2) is 13.0 Å². The summed E-state index contributed by atoms with van der Waals surface area (Å²) < 4.78 is 0.865. The summed E-state index contributed by atoms with van der Waals surface area (Å²) in [6.07, 6.45) is 1.59. The lowest BCUT2D eigenvalue weighted by atomic mass is 9.92. The maximum Gasteiger partial charge on any atom is 0.211 e. The van der Waals surface area contributed by atoms with E-state index in [9.17, 15) is 4.79 Å². The van der Waals surface area contributed by atoms with Crippen molar-refractivity contribution in [1.82, 2.24) is 0 Å². The number of rotatable bonds is 6. The number of benzene rings is 2. The molecule has 1 aromatic heterocycles. The Balaban J connectivity index is 2.21. The number of thiophene rings is 1. The number of carbonyl (C=O) groups is 1. The fraction of sp³-hybridized carbons (Fsp3) is 0.150. The van der Waals surface area contributed by atoms with Crippen molar-refractivity contribution < 1.29 is 4.79 Å². The molecule has 0 saturated carbocycles. The van der Waals surface area contributed by atoms with Gasteiger partial charge in [0.15, 0.2) is 0 Å². The summed E-state index contributed by atoms with van der Waals surface area (Å²) in [6, 6.07) is 14.6. The zero-order chi connectivity index (χ0) is 17.8. The van der Waals surface area contributed by atoms with Crippen LogP contribution in [0.4, 0.5) is 5.69 Å². The van der Waals surface area contributed by atoms with Gasteiger partial charge in [0.1, 0.15) is 0 Å². The summed E-state index contributed by atoms with van der Waals surface area (Å²) in [4.78, 5) is 12.4. The summed E-state index contributed by atoms with van der Waals surface area (Å²) >= 11 is 5.26. The molecule has 25 heavy (non-hydrogen) atoms. The van der Waals surface area contributed by atoms with Crippen molar-refractivity contribution in [3.63, 3.8) is 0 Å². The van der Waals surface area contributed by atoms with Crippen molar-refractivity contribution in [2.45, 2.75) is 13.3 Å². The Bertz CT molecular complexity index is 887. The average Bonchev–Trinajstić information content (AvgIpc) is 3.03. The van der Waals surface area contributed by atoms with Crippen LogP contribution >= 0.6 is 27.3 Å². The Morgan fingerprint density at radius 1 is 1.12 bits per heavy atom. The highest BCUT2D eigenvalue weighted by molar-refractivity contribution is 9.10. The lowest BCUT2D eigenvalue weighted by molar-refractivity contribution is -0.105. The molecule has 3 N–H and O–H groups in total. The largest absolute Gasteiger partial charge is 0.330 e. The quantitative estimate of drug-likeness (QED) is 0.542. The molecule has 0 aliphatic carbocycles. The second-order valence-electron chi connectivity index (χ2n) is 5.73. The van der Waals surface area contributed by atoms with Gasteiger partial charge in [0, 0.05) is 14.9 Å². The fourth-order valence-corrected chi connectivity index (χ4v) is 4.11.